The first-order valence-corrected chi connectivity index (χ1v) is 9.45. The number of benzene rings is 3. The summed E-state index contributed by atoms with van der Waals surface area (Å²) in [6, 6.07) is 25.5. The summed E-state index contributed by atoms with van der Waals surface area (Å²) in [6.45, 7) is 0.403. The van der Waals surface area contributed by atoms with Gasteiger partial charge in [-0.2, -0.15) is 0 Å². The highest BCUT2D eigenvalue weighted by atomic mass is 19.1. The molecule has 0 saturated carbocycles. The van der Waals surface area contributed by atoms with Crippen molar-refractivity contribution in [1.29, 1.82) is 0 Å². The lowest BCUT2D eigenvalue weighted by atomic mass is 10.2. The fourth-order valence-electron chi connectivity index (χ4n) is 3.00. The second-order valence-electron chi connectivity index (χ2n) is 6.60. The monoisotopic (exact) mass is 398 g/mol. The second-order valence-corrected chi connectivity index (χ2v) is 6.60. The van der Waals surface area contributed by atoms with Crippen molar-refractivity contribution in [3.8, 4) is 0 Å². The van der Waals surface area contributed by atoms with E-state index < -0.39 is 5.82 Å². The van der Waals surface area contributed by atoms with Crippen LogP contribution in [0.4, 0.5) is 21.6 Å². The van der Waals surface area contributed by atoms with Crippen LogP contribution in [0.1, 0.15) is 16.1 Å². The molecule has 0 aliphatic rings. The van der Waals surface area contributed by atoms with Crippen molar-refractivity contribution in [2.75, 3.05) is 10.2 Å². The minimum atomic E-state index is -0.391. The fourth-order valence-corrected chi connectivity index (χ4v) is 3.00. The van der Waals surface area contributed by atoms with Gasteiger partial charge >= 0.3 is 0 Å². The third-order valence-corrected chi connectivity index (χ3v) is 4.50. The quantitative estimate of drug-likeness (QED) is 0.485. The number of nitrogens with zero attached hydrogens (tertiary/aromatic N) is 3. The third-order valence-electron chi connectivity index (χ3n) is 4.50. The van der Waals surface area contributed by atoms with Crippen LogP contribution in [0.2, 0.25) is 0 Å². The largest absolute Gasteiger partial charge is 0.337 e. The highest BCUT2D eigenvalue weighted by Gasteiger charge is 2.20. The van der Waals surface area contributed by atoms with E-state index in [1.807, 2.05) is 60.7 Å². The van der Waals surface area contributed by atoms with Gasteiger partial charge in [0.05, 0.1) is 24.6 Å². The minimum Gasteiger partial charge on any atom is -0.337 e. The molecule has 0 fully saturated rings. The number of nitrogens with one attached hydrogen (secondary N) is 1. The molecule has 0 radical (unpaired) electrons. The van der Waals surface area contributed by atoms with Crippen molar-refractivity contribution in [3.63, 3.8) is 0 Å². The molecule has 0 unspecified atom stereocenters. The summed E-state index contributed by atoms with van der Waals surface area (Å²) in [5.74, 6) is -0.307. The molecule has 0 aliphatic heterocycles. The van der Waals surface area contributed by atoms with Crippen molar-refractivity contribution in [1.82, 2.24) is 9.97 Å². The van der Waals surface area contributed by atoms with E-state index in [-0.39, 0.29) is 11.6 Å². The molecule has 1 aromatic heterocycles. The molecule has 0 bridgehead atoms. The molecule has 148 valence electrons. The van der Waals surface area contributed by atoms with Gasteiger partial charge < -0.3 is 10.2 Å². The number of anilines is 3. The van der Waals surface area contributed by atoms with Gasteiger partial charge in [-0.1, -0.05) is 60.7 Å². The lowest BCUT2D eigenvalue weighted by Gasteiger charge is -2.22. The van der Waals surface area contributed by atoms with E-state index in [1.54, 1.807) is 23.1 Å². The van der Waals surface area contributed by atoms with Gasteiger partial charge in [0, 0.05) is 5.69 Å². The summed E-state index contributed by atoms with van der Waals surface area (Å²) in [5, 5.41) is 2.87. The molecule has 1 N–H and O–H groups in total. The Hall–Kier alpha value is -4.06. The molecule has 1 heterocycles. The zero-order valence-corrected chi connectivity index (χ0v) is 16.1. The summed E-state index contributed by atoms with van der Waals surface area (Å²) in [5.41, 5.74) is 2.26. The molecular weight excluding hydrogens is 379 g/mol. The highest BCUT2D eigenvalue weighted by molar-refractivity contribution is 6.04. The Labute approximate surface area is 173 Å². The lowest BCUT2D eigenvalue weighted by molar-refractivity contribution is 0.0980. The summed E-state index contributed by atoms with van der Waals surface area (Å²) in [4.78, 5) is 23.4. The third kappa shape index (κ3) is 4.50. The van der Waals surface area contributed by atoms with Crippen LogP contribution in [0, 0.1) is 5.82 Å². The van der Waals surface area contributed by atoms with Crippen molar-refractivity contribution in [2.45, 2.75) is 6.54 Å². The molecule has 1 amide bonds. The van der Waals surface area contributed by atoms with E-state index >= 15 is 0 Å². The van der Waals surface area contributed by atoms with Crippen LogP contribution in [-0.4, -0.2) is 15.9 Å². The van der Waals surface area contributed by atoms with Gasteiger partial charge in [-0.05, 0) is 29.8 Å². The van der Waals surface area contributed by atoms with Crippen molar-refractivity contribution < 1.29 is 9.18 Å². The number of carbonyl (C=O) groups is 1. The van der Waals surface area contributed by atoms with Crippen LogP contribution in [0.25, 0.3) is 0 Å². The van der Waals surface area contributed by atoms with Gasteiger partial charge in [0.1, 0.15) is 17.3 Å². The number of rotatable bonds is 6. The predicted molar refractivity (Wildman–Crippen MR) is 115 cm³/mol. The first-order chi connectivity index (χ1) is 14.7. The molecule has 6 heteroatoms. The van der Waals surface area contributed by atoms with Crippen LogP contribution in [0.5, 0.6) is 0 Å². The molecule has 30 heavy (non-hydrogen) atoms. The van der Waals surface area contributed by atoms with Crippen molar-refractivity contribution >= 4 is 23.1 Å². The fraction of sp³-hybridized carbons (Fsp3) is 0.0417. The van der Waals surface area contributed by atoms with E-state index in [2.05, 4.69) is 15.3 Å². The Bertz CT molecular complexity index is 1120. The van der Waals surface area contributed by atoms with Gasteiger partial charge in [-0.15, -0.1) is 0 Å². The summed E-state index contributed by atoms with van der Waals surface area (Å²) in [7, 11) is 0. The molecule has 3 aromatic carbocycles. The molecule has 4 aromatic rings. The maximum atomic E-state index is 13.8. The second kappa shape index (κ2) is 8.96. The van der Waals surface area contributed by atoms with Crippen molar-refractivity contribution in [2.24, 2.45) is 0 Å². The van der Waals surface area contributed by atoms with E-state index in [9.17, 15) is 9.18 Å². The van der Waals surface area contributed by atoms with E-state index in [0.29, 0.717) is 18.1 Å². The van der Waals surface area contributed by atoms with Gasteiger partial charge in [-0.3, -0.25) is 4.79 Å². The SMILES string of the molecule is O=C(c1cnc(Nc2ccccc2F)cn1)N(Cc1ccccc1)c1ccccc1. The standard InChI is InChI=1S/C24H19FN4O/c25-20-13-7-8-14-21(20)28-23-16-26-22(15-27-23)24(30)29(19-11-5-2-6-12-19)17-18-9-3-1-4-10-18/h1-16H,17H2,(H,27,28). The van der Waals surface area contributed by atoms with Gasteiger partial charge in [0.15, 0.2) is 0 Å². The summed E-state index contributed by atoms with van der Waals surface area (Å²) >= 11 is 0. The van der Waals surface area contributed by atoms with Gasteiger partial charge in [0.2, 0.25) is 0 Å². The average Bonchev–Trinajstić information content (AvgIpc) is 2.80. The minimum absolute atomic E-state index is 0.203. The Kier molecular flexibility index (Phi) is 5.75. The number of aromatic nitrogens is 2. The Morgan fingerprint density at radius 3 is 2.17 bits per heavy atom. The Morgan fingerprint density at radius 2 is 1.50 bits per heavy atom. The zero-order valence-electron chi connectivity index (χ0n) is 16.1. The zero-order chi connectivity index (χ0) is 20.8. The number of hydrogen-bond acceptors (Lipinski definition) is 4. The number of carbonyl (C=O) groups excluding carboxylic acids is 1. The molecule has 4 rings (SSSR count). The lowest BCUT2D eigenvalue weighted by Crippen LogP contribution is -2.31. The van der Waals surface area contributed by atoms with E-state index in [1.165, 1.54) is 18.5 Å². The average molecular weight is 398 g/mol. The maximum Gasteiger partial charge on any atom is 0.278 e. The van der Waals surface area contributed by atoms with Crippen LogP contribution in [0.3, 0.4) is 0 Å². The van der Waals surface area contributed by atoms with Crippen molar-refractivity contribution in [3.05, 3.63) is 114 Å². The molecule has 0 spiro atoms. The van der Waals surface area contributed by atoms with E-state index in [0.717, 1.165) is 11.3 Å². The first-order valence-electron chi connectivity index (χ1n) is 9.45. The smallest absolute Gasteiger partial charge is 0.278 e. The number of amides is 1. The summed E-state index contributed by atoms with van der Waals surface area (Å²) < 4.78 is 13.8. The maximum absolute atomic E-state index is 13.8. The van der Waals surface area contributed by atoms with Crippen LogP contribution in [-0.2, 0) is 6.54 Å². The molecule has 0 aliphatic carbocycles. The predicted octanol–water partition coefficient (Wildman–Crippen LogP) is 5.21. The van der Waals surface area contributed by atoms with Crippen LogP contribution >= 0.6 is 0 Å². The molecule has 0 saturated heterocycles. The van der Waals surface area contributed by atoms with Crippen LogP contribution in [0.15, 0.2) is 97.3 Å². The van der Waals surface area contributed by atoms with Gasteiger partial charge in [0.25, 0.3) is 5.91 Å². The highest BCUT2D eigenvalue weighted by Crippen LogP contribution is 2.21. The Morgan fingerprint density at radius 1 is 0.833 bits per heavy atom. The Balaban J connectivity index is 1.57. The molecule has 5 nitrogen and oxygen atoms in total. The summed E-state index contributed by atoms with van der Waals surface area (Å²) in [6.07, 6.45) is 2.82. The first kappa shape index (κ1) is 19.3. The number of hydrogen-bond donors (Lipinski definition) is 1. The van der Waals surface area contributed by atoms with Crippen LogP contribution < -0.4 is 10.2 Å². The number of halogens is 1. The number of para-hydroxylation sites is 2. The molecule has 0 atom stereocenters. The molecular formula is C24H19FN4O. The normalized spacial score (nSPS) is 10.4. The topological polar surface area (TPSA) is 58.1 Å². The van der Waals surface area contributed by atoms with Gasteiger partial charge in [-0.25, -0.2) is 14.4 Å². The van der Waals surface area contributed by atoms with E-state index in [4.69, 9.17) is 0 Å².